The van der Waals surface area contributed by atoms with Gasteiger partial charge in [-0.25, -0.2) is 0 Å². The van der Waals surface area contributed by atoms with Gasteiger partial charge in [0.1, 0.15) is 5.82 Å². The molecule has 1 aliphatic rings. The summed E-state index contributed by atoms with van der Waals surface area (Å²) >= 11 is 3.29. The van der Waals surface area contributed by atoms with Crippen molar-refractivity contribution in [3.63, 3.8) is 0 Å². The van der Waals surface area contributed by atoms with Gasteiger partial charge in [-0.3, -0.25) is 9.36 Å². The quantitative estimate of drug-likeness (QED) is 0.558. The van der Waals surface area contributed by atoms with Crippen LogP contribution in [0.5, 0.6) is 0 Å². The van der Waals surface area contributed by atoms with Gasteiger partial charge in [0, 0.05) is 16.7 Å². The standard InChI is InChI=1S/C22H24N4OS2/c1-15-8-4-5-9-18(15)26-17(3)23-24-22(26)28-14-21(27)25-13-12-16(2)29-20-11-7-6-10-19(20)25/h4-11,16H,12-14H2,1-3H3/t16-/m0/s1. The van der Waals surface area contributed by atoms with Gasteiger partial charge in [0.15, 0.2) is 5.16 Å². The number of carbonyl (C=O) groups excluding carboxylic acids is 1. The topological polar surface area (TPSA) is 51.0 Å². The molecule has 2 heterocycles. The molecule has 1 atom stereocenters. The lowest BCUT2D eigenvalue weighted by Gasteiger charge is -2.22. The van der Waals surface area contributed by atoms with Crippen LogP contribution in [0.3, 0.4) is 0 Å². The second-order valence-electron chi connectivity index (χ2n) is 7.17. The zero-order chi connectivity index (χ0) is 20.4. The minimum absolute atomic E-state index is 0.106. The summed E-state index contributed by atoms with van der Waals surface area (Å²) in [5.41, 5.74) is 3.22. The second kappa shape index (κ2) is 8.63. The van der Waals surface area contributed by atoms with Gasteiger partial charge in [-0.15, -0.1) is 22.0 Å². The highest BCUT2D eigenvalue weighted by molar-refractivity contribution is 8.00. The Bertz CT molecular complexity index is 1030. The molecule has 2 aromatic carbocycles. The highest BCUT2D eigenvalue weighted by Crippen LogP contribution is 2.37. The summed E-state index contributed by atoms with van der Waals surface area (Å²) in [6, 6.07) is 16.3. The van der Waals surface area contributed by atoms with Crippen LogP contribution >= 0.6 is 23.5 Å². The number of anilines is 1. The second-order valence-corrected chi connectivity index (χ2v) is 9.59. The largest absolute Gasteiger partial charge is 0.311 e. The number of hydrogen-bond donors (Lipinski definition) is 0. The van der Waals surface area contributed by atoms with Crippen molar-refractivity contribution in [1.29, 1.82) is 0 Å². The number of aromatic nitrogens is 3. The van der Waals surface area contributed by atoms with Crippen LogP contribution in [0, 0.1) is 13.8 Å². The molecule has 0 spiro atoms. The number of carbonyl (C=O) groups is 1. The molecule has 0 saturated carbocycles. The van der Waals surface area contributed by atoms with Crippen LogP contribution in [-0.2, 0) is 4.79 Å². The summed E-state index contributed by atoms with van der Waals surface area (Å²) < 4.78 is 2.03. The smallest absolute Gasteiger partial charge is 0.237 e. The molecular weight excluding hydrogens is 400 g/mol. The fourth-order valence-corrected chi connectivity index (χ4v) is 5.46. The van der Waals surface area contributed by atoms with Gasteiger partial charge in [0.2, 0.25) is 5.91 Å². The molecule has 7 heteroatoms. The fraction of sp³-hybridized carbons (Fsp3) is 0.318. The lowest BCUT2D eigenvalue weighted by molar-refractivity contribution is -0.116. The van der Waals surface area contributed by atoms with Crippen LogP contribution in [-0.4, -0.2) is 38.2 Å². The van der Waals surface area contributed by atoms with Crippen LogP contribution in [0.15, 0.2) is 58.6 Å². The Morgan fingerprint density at radius 2 is 1.83 bits per heavy atom. The van der Waals surface area contributed by atoms with E-state index in [2.05, 4.69) is 42.2 Å². The van der Waals surface area contributed by atoms with E-state index in [1.54, 1.807) is 0 Å². The van der Waals surface area contributed by atoms with Crippen molar-refractivity contribution in [2.75, 3.05) is 17.2 Å². The summed E-state index contributed by atoms with van der Waals surface area (Å²) in [7, 11) is 0. The van der Waals surface area contributed by atoms with Crippen molar-refractivity contribution in [2.24, 2.45) is 0 Å². The molecule has 0 unspecified atom stereocenters. The predicted octanol–water partition coefficient (Wildman–Crippen LogP) is 4.89. The van der Waals surface area contributed by atoms with Crippen molar-refractivity contribution >= 4 is 35.1 Å². The van der Waals surface area contributed by atoms with E-state index in [1.165, 1.54) is 16.7 Å². The SMILES string of the molecule is Cc1ccccc1-n1c(C)nnc1SCC(=O)N1CC[C@H](C)Sc2ccccc21. The molecule has 4 rings (SSSR count). The number of aryl methyl sites for hydroxylation is 2. The zero-order valence-corrected chi connectivity index (χ0v) is 18.5. The van der Waals surface area contributed by atoms with Gasteiger partial charge in [0.05, 0.1) is 17.1 Å². The maximum Gasteiger partial charge on any atom is 0.237 e. The van der Waals surface area contributed by atoms with Crippen molar-refractivity contribution < 1.29 is 4.79 Å². The van der Waals surface area contributed by atoms with E-state index in [4.69, 9.17) is 0 Å². The molecule has 5 nitrogen and oxygen atoms in total. The van der Waals surface area contributed by atoms with Gasteiger partial charge in [0.25, 0.3) is 0 Å². The summed E-state index contributed by atoms with van der Waals surface area (Å²) in [5.74, 6) is 1.26. The van der Waals surface area contributed by atoms with Gasteiger partial charge < -0.3 is 4.90 Å². The molecule has 0 radical (unpaired) electrons. The minimum atomic E-state index is 0.106. The Kier molecular flexibility index (Phi) is 5.96. The van der Waals surface area contributed by atoms with Crippen LogP contribution in [0.4, 0.5) is 5.69 Å². The van der Waals surface area contributed by atoms with Crippen molar-refractivity contribution in [3.05, 3.63) is 59.9 Å². The van der Waals surface area contributed by atoms with Gasteiger partial charge >= 0.3 is 0 Å². The Morgan fingerprint density at radius 3 is 2.62 bits per heavy atom. The number of rotatable bonds is 4. The van der Waals surface area contributed by atoms with E-state index >= 15 is 0 Å². The molecule has 3 aromatic rings. The molecule has 0 aliphatic carbocycles. The van der Waals surface area contributed by atoms with E-state index in [-0.39, 0.29) is 5.91 Å². The average Bonchev–Trinajstić information content (AvgIpc) is 2.98. The number of amides is 1. The third-order valence-electron chi connectivity index (χ3n) is 5.02. The molecule has 0 fully saturated rings. The Hall–Kier alpha value is -2.25. The van der Waals surface area contributed by atoms with Crippen LogP contribution in [0.2, 0.25) is 0 Å². The number of thioether (sulfide) groups is 2. The van der Waals surface area contributed by atoms with Gasteiger partial charge in [-0.2, -0.15) is 0 Å². The number of para-hydroxylation sites is 2. The molecule has 1 amide bonds. The minimum Gasteiger partial charge on any atom is -0.311 e. The van der Waals surface area contributed by atoms with E-state index in [1.807, 2.05) is 58.5 Å². The van der Waals surface area contributed by atoms with E-state index < -0.39 is 0 Å². The van der Waals surface area contributed by atoms with Crippen LogP contribution < -0.4 is 4.90 Å². The summed E-state index contributed by atoms with van der Waals surface area (Å²) in [6.07, 6.45) is 0.980. The van der Waals surface area contributed by atoms with E-state index in [0.29, 0.717) is 11.0 Å². The maximum atomic E-state index is 13.2. The number of nitrogens with zero attached hydrogens (tertiary/aromatic N) is 4. The molecule has 1 aliphatic heterocycles. The fourth-order valence-electron chi connectivity index (χ4n) is 3.48. The lowest BCUT2D eigenvalue weighted by Crippen LogP contribution is -2.33. The molecule has 29 heavy (non-hydrogen) atoms. The number of fused-ring (bicyclic) bond motifs is 1. The highest BCUT2D eigenvalue weighted by Gasteiger charge is 2.25. The molecule has 0 bridgehead atoms. The van der Waals surface area contributed by atoms with Crippen molar-refractivity contribution in [3.8, 4) is 5.69 Å². The molecule has 0 N–H and O–H groups in total. The Morgan fingerprint density at radius 1 is 1.10 bits per heavy atom. The van der Waals surface area contributed by atoms with E-state index in [9.17, 15) is 4.79 Å². The van der Waals surface area contributed by atoms with Crippen LogP contribution in [0.1, 0.15) is 24.7 Å². The maximum absolute atomic E-state index is 13.2. The average molecular weight is 425 g/mol. The van der Waals surface area contributed by atoms with E-state index in [0.717, 1.165) is 40.9 Å². The lowest BCUT2D eigenvalue weighted by atomic mass is 10.2. The summed E-state index contributed by atoms with van der Waals surface area (Å²) in [4.78, 5) is 16.3. The normalized spacial score (nSPS) is 16.4. The summed E-state index contributed by atoms with van der Waals surface area (Å²) in [5, 5.41) is 9.82. The predicted molar refractivity (Wildman–Crippen MR) is 120 cm³/mol. The first-order valence-corrected chi connectivity index (χ1v) is 11.6. The first kappa shape index (κ1) is 20.0. The highest BCUT2D eigenvalue weighted by atomic mass is 32.2. The van der Waals surface area contributed by atoms with Gasteiger partial charge in [-0.1, -0.05) is 49.0 Å². The third-order valence-corrected chi connectivity index (χ3v) is 7.17. The Labute approximate surface area is 179 Å². The number of benzene rings is 2. The molecule has 0 saturated heterocycles. The number of hydrogen-bond acceptors (Lipinski definition) is 5. The van der Waals surface area contributed by atoms with Crippen molar-refractivity contribution in [1.82, 2.24) is 14.8 Å². The first-order chi connectivity index (χ1) is 14.0. The Balaban J connectivity index is 1.55. The van der Waals surface area contributed by atoms with Crippen molar-refractivity contribution in [2.45, 2.75) is 42.5 Å². The monoisotopic (exact) mass is 424 g/mol. The van der Waals surface area contributed by atoms with Gasteiger partial charge in [-0.05, 0) is 44.0 Å². The molecular formula is C22H24N4OS2. The summed E-state index contributed by atoms with van der Waals surface area (Å²) in [6.45, 7) is 6.97. The molecule has 150 valence electrons. The zero-order valence-electron chi connectivity index (χ0n) is 16.8. The van der Waals surface area contributed by atoms with Crippen LogP contribution in [0.25, 0.3) is 5.69 Å². The first-order valence-electron chi connectivity index (χ1n) is 9.71. The third kappa shape index (κ3) is 4.21. The molecule has 1 aromatic heterocycles.